The third-order valence-electron chi connectivity index (χ3n) is 2.54. The number of nitrogens with one attached hydrogen (secondary N) is 2. The Balaban J connectivity index is 2.29. The maximum Gasteiger partial charge on any atom is 0.316 e. The quantitative estimate of drug-likeness (QED) is 0.543. The summed E-state index contributed by atoms with van der Waals surface area (Å²) in [5.41, 5.74) is 0. The number of anilines is 2. The SMILES string of the molecule is CCNc1nc(NCC)n2c(SCC(=O)OCC)nnc2n1. The van der Waals surface area contributed by atoms with Gasteiger partial charge in [0, 0.05) is 13.1 Å². The van der Waals surface area contributed by atoms with Gasteiger partial charge < -0.3 is 15.4 Å². The van der Waals surface area contributed by atoms with Gasteiger partial charge in [-0.1, -0.05) is 11.8 Å². The van der Waals surface area contributed by atoms with E-state index in [1.165, 1.54) is 11.8 Å². The molecule has 2 aromatic rings. The summed E-state index contributed by atoms with van der Waals surface area (Å²) in [6.07, 6.45) is 0. The van der Waals surface area contributed by atoms with Crippen LogP contribution in [0.4, 0.5) is 11.9 Å². The van der Waals surface area contributed by atoms with Crippen LogP contribution >= 0.6 is 11.8 Å². The fourth-order valence-electron chi connectivity index (χ4n) is 1.72. The average Bonchev–Trinajstić information content (AvgIpc) is 2.89. The molecule has 0 amide bonds. The molecule has 0 fully saturated rings. The van der Waals surface area contributed by atoms with Crippen molar-refractivity contribution in [2.45, 2.75) is 25.9 Å². The molecule has 0 aromatic carbocycles. The van der Waals surface area contributed by atoms with E-state index in [0.29, 0.717) is 42.5 Å². The summed E-state index contributed by atoms with van der Waals surface area (Å²) in [5.74, 6) is 1.36. The van der Waals surface area contributed by atoms with Crippen molar-refractivity contribution in [1.82, 2.24) is 24.6 Å². The molecule has 0 saturated carbocycles. The van der Waals surface area contributed by atoms with Crippen LogP contribution in [0.2, 0.25) is 0 Å². The summed E-state index contributed by atoms with van der Waals surface area (Å²) in [6, 6.07) is 0. The second-order valence-corrected chi connectivity index (χ2v) is 5.09. The number of nitrogens with zero attached hydrogens (tertiary/aromatic N) is 5. The van der Waals surface area contributed by atoms with Crippen molar-refractivity contribution in [1.29, 1.82) is 0 Å². The highest BCUT2D eigenvalue weighted by molar-refractivity contribution is 7.99. The zero-order valence-electron chi connectivity index (χ0n) is 12.8. The molecule has 0 aliphatic carbocycles. The van der Waals surface area contributed by atoms with Gasteiger partial charge in [0.05, 0.1) is 12.4 Å². The predicted molar refractivity (Wildman–Crippen MR) is 84.3 cm³/mol. The first kappa shape index (κ1) is 16.3. The van der Waals surface area contributed by atoms with Gasteiger partial charge in [0.2, 0.25) is 11.9 Å². The molecule has 0 aliphatic rings. The van der Waals surface area contributed by atoms with E-state index < -0.39 is 0 Å². The van der Waals surface area contributed by atoms with Crippen LogP contribution in [0, 0.1) is 0 Å². The summed E-state index contributed by atoms with van der Waals surface area (Å²) in [5, 5.41) is 14.9. The van der Waals surface area contributed by atoms with Gasteiger partial charge in [-0.3, -0.25) is 4.79 Å². The van der Waals surface area contributed by atoms with E-state index in [4.69, 9.17) is 4.74 Å². The van der Waals surface area contributed by atoms with Gasteiger partial charge in [0.25, 0.3) is 5.78 Å². The van der Waals surface area contributed by atoms with Gasteiger partial charge in [-0.2, -0.15) is 9.97 Å². The lowest BCUT2D eigenvalue weighted by Gasteiger charge is -2.09. The predicted octanol–water partition coefficient (Wildman–Crippen LogP) is 1.04. The molecule has 0 saturated heterocycles. The molecule has 0 bridgehead atoms. The van der Waals surface area contributed by atoms with Crippen LogP contribution in [-0.2, 0) is 9.53 Å². The highest BCUT2D eigenvalue weighted by atomic mass is 32.2. The maximum atomic E-state index is 11.5. The maximum absolute atomic E-state index is 11.5. The molecule has 0 unspecified atom stereocenters. The highest BCUT2D eigenvalue weighted by Crippen LogP contribution is 2.21. The van der Waals surface area contributed by atoms with Crippen molar-refractivity contribution in [2.75, 3.05) is 36.1 Å². The monoisotopic (exact) mass is 325 g/mol. The molecule has 0 atom stereocenters. The molecule has 10 heteroatoms. The Morgan fingerprint density at radius 3 is 2.64 bits per heavy atom. The van der Waals surface area contributed by atoms with Crippen LogP contribution in [-0.4, -0.2) is 56.0 Å². The standard InChI is InChI=1S/C12H19N7O2S/c1-4-13-9-15-10(14-5-2)19-11(16-9)17-18-12(19)22-7-8(20)21-6-3/h4-7H2,1-3H3,(H2,13,14,15,16,17). The number of hydrogen-bond acceptors (Lipinski definition) is 9. The normalized spacial score (nSPS) is 10.7. The zero-order chi connectivity index (χ0) is 15.9. The van der Waals surface area contributed by atoms with Crippen molar-refractivity contribution < 1.29 is 9.53 Å². The first-order chi connectivity index (χ1) is 10.7. The highest BCUT2D eigenvalue weighted by Gasteiger charge is 2.15. The molecule has 9 nitrogen and oxygen atoms in total. The number of carbonyl (C=O) groups is 1. The van der Waals surface area contributed by atoms with Crippen molar-refractivity contribution in [3.63, 3.8) is 0 Å². The van der Waals surface area contributed by atoms with Gasteiger partial charge in [-0.25, -0.2) is 4.40 Å². The third-order valence-corrected chi connectivity index (χ3v) is 3.44. The second-order valence-electron chi connectivity index (χ2n) is 4.14. The second kappa shape index (κ2) is 7.78. The summed E-state index contributed by atoms with van der Waals surface area (Å²) >= 11 is 1.24. The minimum Gasteiger partial charge on any atom is -0.465 e. The Bertz CT molecular complexity index is 646. The first-order valence-corrected chi connectivity index (χ1v) is 8.07. The zero-order valence-corrected chi connectivity index (χ0v) is 13.6. The molecule has 2 aromatic heterocycles. The van der Waals surface area contributed by atoms with Crippen LogP contribution in [0.15, 0.2) is 5.16 Å². The summed E-state index contributed by atoms with van der Waals surface area (Å²) in [7, 11) is 0. The lowest BCUT2D eigenvalue weighted by molar-refractivity contribution is -0.139. The number of carbonyl (C=O) groups excluding carboxylic acids is 1. The van der Waals surface area contributed by atoms with Gasteiger partial charge in [0.1, 0.15) is 0 Å². The molecule has 0 radical (unpaired) electrons. The summed E-state index contributed by atoms with van der Waals surface area (Å²) in [6.45, 7) is 7.46. The minimum absolute atomic E-state index is 0.162. The Labute approximate surface area is 132 Å². The number of rotatable bonds is 8. The largest absolute Gasteiger partial charge is 0.465 e. The third kappa shape index (κ3) is 3.75. The number of hydrogen-bond donors (Lipinski definition) is 2. The van der Waals surface area contributed by atoms with Gasteiger partial charge in [-0.15, -0.1) is 10.2 Å². The van der Waals surface area contributed by atoms with Gasteiger partial charge in [-0.05, 0) is 20.8 Å². The molecular formula is C12H19N7O2S. The molecular weight excluding hydrogens is 306 g/mol. The Morgan fingerprint density at radius 1 is 1.18 bits per heavy atom. The molecule has 120 valence electrons. The van der Waals surface area contributed by atoms with Crippen molar-refractivity contribution >= 4 is 35.4 Å². The van der Waals surface area contributed by atoms with E-state index in [-0.39, 0.29) is 11.7 Å². The Hall–Kier alpha value is -2.10. The van der Waals surface area contributed by atoms with Crippen LogP contribution in [0.3, 0.4) is 0 Å². The number of esters is 1. The Kier molecular flexibility index (Phi) is 5.75. The van der Waals surface area contributed by atoms with E-state index in [1.54, 1.807) is 11.3 Å². The van der Waals surface area contributed by atoms with Gasteiger partial charge >= 0.3 is 5.97 Å². The van der Waals surface area contributed by atoms with Gasteiger partial charge in [0.15, 0.2) is 5.16 Å². The van der Waals surface area contributed by atoms with Crippen molar-refractivity contribution in [3.8, 4) is 0 Å². The lowest BCUT2D eigenvalue weighted by Crippen LogP contribution is -2.12. The Morgan fingerprint density at radius 2 is 1.95 bits per heavy atom. The number of aromatic nitrogens is 5. The van der Waals surface area contributed by atoms with E-state index >= 15 is 0 Å². The summed E-state index contributed by atoms with van der Waals surface area (Å²) in [4.78, 5) is 20.2. The van der Waals surface area contributed by atoms with Crippen LogP contribution < -0.4 is 10.6 Å². The minimum atomic E-state index is -0.292. The molecule has 0 spiro atoms. The molecule has 2 rings (SSSR count). The van der Waals surface area contributed by atoms with E-state index in [0.717, 1.165) is 0 Å². The van der Waals surface area contributed by atoms with Crippen LogP contribution in [0.5, 0.6) is 0 Å². The summed E-state index contributed by atoms with van der Waals surface area (Å²) < 4.78 is 6.60. The molecule has 22 heavy (non-hydrogen) atoms. The van der Waals surface area contributed by atoms with Crippen LogP contribution in [0.1, 0.15) is 20.8 Å². The smallest absolute Gasteiger partial charge is 0.316 e. The van der Waals surface area contributed by atoms with Crippen LogP contribution in [0.25, 0.3) is 5.78 Å². The van der Waals surface area contributed by atoms with E-state index in [1.807, 2.05) is 13.8 Å². The number of fused-ring (bicyclic) bond motifs is 1. The van der Waals surface area contributed by atoms with E-state index in [9.17, 15) is 4.79 Å². The van der Waals surface area contributed by atoms with E-state index in [2.05, 4.69) is 30.8 Å². The lowest BCUT2D eigenvalue weighted by atomic mass is 10.7. The molecule has 2 heterocycles. The topological polar surface area (TPSA) is 106 Å². The van der Waals surface area contributed by atoms with Crippen molar-refractivity contribution in [2.24, 2.45) is 0 Å². The molecule has 2 N–H and O–H groups in total. The van der Waals surface area contributed by atoms with Crippen molar-refractivity contribution in [3.05, 3.63) is 0 Å². The number of thioether (sulfide) groups is 1. The number of ether oxygens (including phenoxy) is 1. The fraction of sp³-hybridized carbons (Fsp3) is 0.583. The molecule has 0 aliphatic heterocycles. The average molecular weight is 325 g/mol. The first-order valence-electron chi connectivity index (χ1n) is 7.08. The fourth-order valence-corrected chi connectivity index (χ4v) is 2.45.